The van der Waals surface area contributed by atoms with Crippen molar-refractivity contribution in [1.82, 2.24) is 4.98 Å². The van der Waals surface area contributed by atoms with Crippen molar-refractivity contribution >= 4 is 11.8 Å². The lowest BCUT2D eigenvalue weighted by atomic mass is 10.1. The van der Waals surface area contributed by atoms with Gasteiger partial charge in [0.1, 0.15) is 0 Å². The molecule has 1 unspecified atom stereocenters. The summed E-state index contributed by atoms with van der Waals surface area (Å²) in [6.45, 7) is 4.24. The molecule has 2 nitrogen and oxygen atoms in total. The van der Waals surface area contributed by atoms with Crippen molar-refractivity contribution in [2.75, 3.05) is 5.75 Å². The van der Waals surface area contributed by atoms with Gasteiger partial charge < -0.3 is 5.73 Å². The number of pyridine rings is 1. The molecule has 106 valence electrons. The van der Waals surface area contributed by atoms with Gasteiger partial charge in [0.05, 0.1) is 0 Å². The van der Waals surface area contributed by atoms with Crippen LogP contribution in [0.2, 0.25) is 0 Å². The van der Waals surface area contributed by atoms with Crippen molar-refractivity contribution < 1.29 is 0 Å². The zero-order valence-electron chi connectivity index (χ0n) is 12.2. The third kappa shape index (κ3) is 4.66. The number of nitrogens with zero attached hydrogens (tertiary/aromatic N) is 1. The number of thioether (sulfide) groups is 1. The van der Waals surface area contributed by atoms with Crippen LogP contribution in [-0.2, 0) is 12.8 Å². The fraction of sp³-hybridized carbons (Fsp3) is 0.353. The van der Waals surface area contributed by atoms with Crippen LogP contribution in [-0.4, -0.2) is 16.8 Å². The molecule has 0 amide bonds. The molecule has 0 saturated heterocycles. The Labute approximate surface area is 125 Å². The molecule has 2 rings (SSSR count). The zero-order chi connectivity index (χ0) is 14.4. The van der Waals surface area contributed by atoms with Crippen LogP contribution in [0, 0.1) is 6.92 Å². The highest BCUT2D eigenvalue weighted by Crippen LogP contribution is 2.19. The van der Waals surface area contributed by atoms with Crippen LogP contribution in [0.25, 0.3) is 0 Å². The third-order valence-corrected chi connectivity index (χ3v) is 4.45. The minimum atomic E-state index is 0.140. The third-order valence-electron chi connectivity index (χ3n) is 3.25. The van der Waals surface area contributed by atoms with E-state index in [4.69, 9.17) is 5.73 Å². The van der Waals surface area contributed by atoms with Crippen molar-refractivity contribution in [3.63, 3.8) is 0 Å². The summed E-state index contributed by atoms with van der Waals surface area (Å²) in [5.74, 6) is 0.917. The highest BCUT2D eigenvalue weighted by Gasteiger charge is 2.06. The second-order valence-electron chi connectivity index (χ2n) is 5.10. The predicted molar refractivity (Wildman–Crippen MR) is 87.2 cm³/mol. The van der Waals surface area contributed by atoms with E-state index < -0.39 is 0 Å². The quantitative estimate of drug-likeness (QED) is 0.824. The van der Waals surface area contributed by atoms with Crippen LogP contribution in [0.1, 0.15) is 23.7 Å². The first-order chi connectivity index (χ1) is 9.67. The molecule has 0 aliphatic heterocycles. The van der Waals surface area contributed by atoms with Crippen molar-refractivity contribution in [3.8, 4) is 0 Å². The standard InChI is InChI=1S/C17H22N2S/c1-3-14-6-7-16(19-11-14)10-15(18)12-20-17-8-4-13(2)5-9-17/h4-9,11,15H,3,10,12,18H2,1-2H3. The molecule has 1 heterocycles. The normalized spacial score (nSPS) is 12.3. The summed E-state index contributed by atoms with van der Waals surface area (Å²) in [4.78, 5) is 5.74. The summed E-state index contributed by atoms with van der Waals surface area (Å²) < 4.78 is 0. The Morgan fingerprint density at radius 2 is 1.90 bits per heavy atom. The van der Waals surface area contributed by atoms with Gasteiger partial charge in [0.15, 0.2) is 0 Å². The van der Waals surface area contributed by atoms with Gasteiger partial charge in [0.2, 0.25) is 0 Å². The number of rotatable bonds is 6. The van der Waals surface area contributed by atoms with Gasteiger partial charge in [0, 0.05) is 35.0 Å². The molecule has 1 aromatic heterocycles. The lowest BCUT2D eigenvalue weighted by Gasteiger charge is -2.11. The van der Waals surface area contributed by atoms with E-state index >= 15 is 0 Å². The Morgan fingerprint density at radius 3 is 2.50 bits per heavy atom. The van der Waals surface area contributed by atoms with Crippen LogP contribution in [0.5, 0.6) is 0 Å². The SMILES string of the molecule is CCc1ccc(CC(N)CSc2ccc(C)cc2)nc1. The van der Waals surface area contributed by atoms with E-state index in [-0.39, 0.29) is 6.04 Å². The molecule has 0 fully saturated rings. The number of hydrogen-bond acceptors (Lipinski definition) is 3. The van der Waals surface area contributed by atoms with Gasteiger partial charge in [-0.25, -0.2) is 0 Å². The largest absolute Gasteiger partial charge is 0.327 e. The van der Waals surface area contributed by atoms with Gasteiger partial charge in [0.25, 0.3) is 0 Å². The fourth-order valence-corrected chi connectivity index (χ4v) is 2.80. The van der Waals surface area contributed by atoms with Crippen LogP contribution in [0.4, 0.5) is 0 Å². The molecule has 2 N–H and O–H groups in total. The van der Waals surface area contributed by atoms with Crippen molar-refractivity contribution in [1.29, 1.82) is 0 Å². The van der Waals surface area contributed by atoms with Crippen molar-refractivity contribution in [2.45, 2.75) is 37.6 Å². The monoisotopic (exact) mass is 286 g/mol. The van der Waals surface area contributed by atoms with Gasteiger partial charge in [-0.05, 0) is 37.1 Å². The molecule has 0 aliphatic rings. The molecular formula is C17H22N2S. The van der Waals surface area contributed by atoms with E-state index in [0.29, 0.717) is 0 Å². The minimum Gasteiger partial charge on any atom is -0.327 e. The van der Waals surface area contributed by atoms with E-state index in [1.54, 1.807) is 0 Å². The fourth-order valence-electron chi connectivity index (χ4n) is 1.95. The molecule has 20 heavy (non-hydrogen) atoms. The van der Waals surface area contributed by atoms with Gasteiger partial charge in [-0.15, -0.1) is 11.8 Å². The first-order valence-electron chi connectivity index (χ1n) is 7.06. The van der Waals surface area contributed by atoms with Crippen LogP contribution < -0.4 is 5.73 Å². The Kier molecular flexibility index (Phi) is 5.62. The minimum absolute atomic E-state index is 0.140. The molecule has 2 aromatic rings. The molecule has 0 bridgehead atoms. The zero-order valence-corrected chi connectivity index (χ0v) is 13.0. The van der Waals surface area contributed by atoms with Crippen LogP contribution in [0.3, 0.4) is 0 Å². The van der Waals surface area contributed by atoms with Crippen LogP contribution >= 0.6 is 11.8 Å². The summed E-state index contributed by atoms with van der Waals surface area (Å²) >= 11 is 1.81. The Morgan fingerprint density at radius 1 is 1.15 bits per heavy atom. The summed E-state index contributed by atoms with van der Waals surface area (Å²) in [5, 5.41) is 0. The Bertz CT molecular complexity index is 520. The van der Waals surface area contributed by atoms with E-state index in [1.165, 1.54) is 16.0 Å². The Balaban J connectivity index is 1.82. The number of benzene rings is 1. The van der Waals surface area contributed by atoms with Gasteiger partial charge in [-0.2, -0.15) is 0 Å². The predicted octanol–water partition coefficient (Wildman–Crippen LogP) is 3.61. The smallest absolute Gasteiger partial charge is 0.0419 e. The maximum absolute atomic E-state index is 6.19. The van der Waals surface area contributed by atoms with Gasteiger partial charge in [-0.3, -0.25) is 4.98 Å². The lowest BCUT2D eigenvalue weighted by Crippen LogP contribution is -2.26. The van der Waals surface area contributed by atoms with Crippen LogP contribution in [0.15, 0.2) is 47.5 Å². The Hall–Kier alpha value is -1.32. The van der Waals surface area contributed by atoms with Gasteiger partial charge >= 0.3 is 0 Å². The molecular weight excluding hydrogens is 264 g/mol. The van der Waals surface area contributed by atoms with E-state index in [0.717, 1.165) is 24.3 Å². The number of aromatic nitrogens is 1. The molecule has 0 aliphatic carbocycles. The van der Waals surface area contributed by atoms with Crippen molar-refractivity contribution in [2.24, 2.45) is 5.73 Å². The van der Waals surface area contributed by atoms with Crippen molar-refractivity contribution in [3.05, 3.63) is 59.4 Å². The van der Waals surface area contributed by atoms with Gasteiger partial charge in [-0.1, -0.05) is 30.7 Å². The highest BCUT2D eigenvalue weighted by atomic mass is 32.2. The summed E-state index contributed by atoms with van der Waals surface area (Å²) in [6, 6.07) is 13.0. The summed E-state index contributed by atoms with van der Waals surface area (Å²) in [6.07, 6.45) is 3.82. The number of aryl methyl sites for hydroxylation is 2. The topological polar surface area (TPSA) is 38.9 Å². The molecule has 0 saturated carbocycles. The summed E-state index contributed by atoms with van der Waals surface area (Å²) in [5.41, 5.74) is 9.84. The average Bonchev–Trinajstić information content (AvgIpc) is 2.47. The number of nitrogens with two attached hydrogens (primary N) is 1. The lowest BCUT2D eigenvalue weighted by molar-refractivity contribution is 0.731. The summed E-state index contributed by atoms with van der Waals surface area (Å²) in [7, 11) is 0. The molecule has 3 heteroatoms. The first-order valence-corrected chi connectivity index (χ1v) is 8.04. The second-order valence-corrected chi connectivity index (χ2v) is 6.19. The molecule has 1 aromatic carbocycles. The maximum Gasteiger partial charge on any atom is 0.0419 e. The first kappa shape index (κ1) is 15.1. The van der Waals surface area contributed by atoms with E-state index in [2.05, 4.69) is 55.2 Å². The number of hydrogen-bond donors (Lipinski definition) is 1. The maximum atomic E-state index is 6.19. The highest BCUT2D eigenvalue weighted by molar-refractivity contribution is 7.99. The second kappa shape index (κ2) is 7.46. The molecule has 0 radical (unpaired) electrons. The molecule has 1 atom stereocenters. The molecule has 0 spiro atoms. The average molecular weight is 286 g/mol. The van der Waals surface area contributed by atoms with E-state index in [1.807, 2.05) is 18.0 Å². The van der Waals surface area contributed by atoms with E-state index in [9.17, 15) is 0 Å².